The Morgan fingerprint density at radius 3 is 2.79 bits per heavy atom. The Kier molecular flexibility index (Phi) is 6.16. The van der Waals surface area contributed by atoms with Crippen LogP contribution in [0.3, 0.4) is 0 Å². The lowest BCUT2D eigenvalue weighted by atomic mass is 10.0. The lowest BCUT2D eigenvalue weighted by Gasteiger charge is -2.11. The average molecular weight is 377 g/mol. The van der Waals surface area contributed by atoms with Crippen LogP contribution in [0.2, 0.25) is 0 Å². The van der Waals surface area contributed by atoms with E-state index in [-0.39, 0.29) is 5.75 Å². The van der Waals surface area contributed by atoms with Gasteiger partial charge < -0.3 is 20.1 Å². The van der Waals surface area contributed by atoms with E-state index in [1.807, 2.05) is 50.5 Å². The van der Waals surface area contributed by atoms with Crippen molar-refractivity contribution >= 4 is 17.4 Å². The van der Waals surface area contributed by atoms with E-state index in [1.165, 1.54) is 0 Å². The standard InChI is InChI=1S/C23H27N3O2/c1-4-28-22-15-17(8-10-21(22)27)7-9-18-14-16(2)23(25-18)19(11-12-24)20-6-5-13-26(20)3/h5-10,13-15,27H,4,11-12,24H2,1-3H3. The zero-order valence-corrected chi connectivity index (χ0v) is 16.6. The summed E-state index contributed by atoms with van der Waals surface area (Å²) in [5.74, 6) is 0.631. The van der Waals surface area contributed by atoms with Crippen LogP contribution < -0.4 is 10.5 Å². The molecule has 0 saturated carbocycles. The molecule has 2 heterocycles. The number of hydrogen-bond donors (Lipinski definition) is 2. The molecule has 0 saturated heterocycles. The molecule has 3 N–H and O–H groups in total. The lowest BCUT2D eigenvalue weighted by Crippen LogP contribution is -2.05. The minimum absolute atomic E-state index is 0.146. The summed E-state index contributed by atoms with van der Waals surface area (Å²) in [5, 5.41) is 9.84. The first-order chi connectivity index (χ1) is 13.5. The van der Waals surface area contributed by atoms with Crippen molar-refractivity contribution in [2.75, 3.05) is 13.2 Å². The van der Waals surface area contributed by atoms with Crippen LogP contribution in [0.4, 0.5) is 0 Å². The predicted molar refractivity (Wildman–Crippen MR) is 116 cm³/mol. The smallest absolute Gasteiger partial charge is 0.161 e. The van der Waals surface area contributed by atoms with Gasteiger partial charge >= 0.3 is 0 Å². The van der Waals surface area contributed by atoms with Crippen LogP contribution in [-0.4, -0.2) is 28.5 Å². The van der Waals surface area contributed by atoms with Gasteiger partial charge in [-0.25, -0.2) is 4.99 Å². The topological polar surface area (TPSA) is 72.8 Å². The molecule has 1 aliphatic rings. The number of hydrogen-bond acceptors (Lipinski definition) is 4. The minimum Gasteiger partial charge on any atom is -0.504 e. The van der Waals surface area contributed by atoms with Crippen molar-refractivity contribution in [1.82, 2.24) is 4.57 Å². The summed E-state index contributed by atoms with van der Waals surface area (Å²) >= 11 is 0. The molecular formula is C23H27N3O2. The summed E-state index contributed by atoms with van der Waals surface area (Å²) in [6.07, 6.45) is 8.83. The molecule has 0 fully saturated rings. The van der Waals surface area contributed by atoms with Gasteiger partial charge in [-0.15, -0.1) is 0 Å². The first kappa shape index (κ1) is 19.7. The molecule has 0 radical (unpaired) electrons. The highest BCUT2D eigenvalue weighted by molar-refractivity contribution is 6.10. The molecule has 5 nitrogen and oxygen atoms in total. The van der Waals surface area contributed by atoms with Gasteiger partial charge in [0.15, 0.2) is 11.5 Å². The van der Waals surface area contributed by atoms with Crippen LogP contribution in [0.15, 0.2) is 64.9 Å². The number of ether oxygens (including phenoxy) is 1. The fourth-order valence-electron chi connectivity index (χ4n) is 3.30. The predicted octanol–water partition coefficient (Wildman–Crippen LogP) is 4.30. The number of phenolic OH excluding ortho intramolecular Hbond substituents is 1. The quantitative estimate of drug-likeness (QED) is 0.755. The summed E-state index contributed by atoms with van der Waals surface area (Å²) in [4.78, 5) is 4.84. The highest BCUT2D eigenvalue weighted by Crippen LogP contribution is 2.31. The molecule has 0 bridgehead atoms. The number of phenols is 1. The maximum Gasteiger partial charge on any atom is 0.161 e. The van der Waals surface area contributed by atoms with Crippen molar-refractivity contribution in [1.29, 1.82) is 0 Å². The van der Waals surface area contributed by atoms with Gasteiger partial charge in [0, 0.05) is 24.5 Å². The van der Waals surface area contributed by atoms with Gasteiger partial charge in [-0.2, -0.15) is 0 Å². The highest BCUT2D eigenvalue weighted by Gasteiger charge is 2.17. The molecule has 3 rings (SSSR count). The van der Waals surface area contributed by atoms with Gasteiger partial charge in [0.25, 0.3) is 0 Å². The summed E-state index contributed by atoms with van der Waals surface area (Å²) in [5.41, 5.74) is 12.1. The van der Waals surface area contributed by atoms with Gasteiger partial charge in [-0.1, -0.05) is 12.1 Å². The third-order valence-corrected chi connectivity index (χ3v) is 4.64. The Morgan fingerprint density at radius 2 is 2.11 bits per heavy atom. The van der Waals surface area contributed by atoms with Crippen molar-refractivity contribution < 1.29 is 9.84 Å². The number of nitrogens with zero attached hydrogens (tertiary/aromatic N) is 2. The summed E-state index contributed by atoms with van der Waals surface area (Å²) < 4.78 is 7.54. The number of aliphatic imine (C=N–C) groups is 1. The summed E-state index contributed by atoms with van der Waals surface area (Å²) in [6.45, 7) is 5.05. The minimum atomic E-state index is 0.146. The summed E-state index contributed by atoms with van der Waals surface area (Å²) in [7, 11) is 2.03. The van der Waals surface area contributed by atoms with E-state index in [9.17, 15) is 5.11 Å². The van der Waals surface area contributed by atoms with Crippen molar-refractivity contribution in [3.05, 3.63) is 71.2 Å². The van der Waals surface area contributed by atoms with Gasteiger partial charge in [0.05, 0.1) is 18.0 Å². The number of rotatable bonds is 7. The monoisotopic (exact) mass is 377 g/mol. The molecular weight excluding hydrogens is 350 g/mol. The number of benzene rings is 1. The lowest BCUT2D eigenvalue weighted by molar-refractivity contribution is 0.318. The Bertz CT molecular complexity index is 977. The maximum atomic E-state index is 9.84. The zero-order chi connectivity index (χ0) is 20.1. The van der Waals surface area contributed by atoms with Crippen molar-refractivity contribution in [2.24, 2.45) is 17.8 Å². The highest BCUT2D eigenvalue weighted by atomic mass is 16.5. The van der Waals surface area contributed by atoms with Gasteiger partial charge in [-0.05, 0) is 74.4 Å². The molecule has 28 heavy (non-hydrogen) atoms. The third-order valence-electron chi connectivity index (χ3n) is 4.64. The van der Waals surface area contributed by atoms with Crippen molar-refractivity contribution in [3.63, 3.8) is 0 Å². The fraction of sp³-hybridized carbons (Fsp3) is 0.261. The normalized spacial score (nSPS) is 15.7. The molecule has 5 heteroatoms. The molecule has 146 valence electrons. The number of aryl methyl sites for hydroxylation is 1. The molecule has 0 unspecified atom stereocenters. The molecule has 0 atom stereocenters. The second-order valence-electron chi connectivity index (χ2n) is 6.73. The molecule has 1 aromatic heterocycles. The van der Waals surface area contributed by atoms with Gasteiger partial charge in [0.1, 0.15) is 0 Å². The summed E-state index contributed by atoms with van der Waals surface area (Å²) in [6, 6.07) is 9.44. The van der Waals surface area contributed by atoms with E-state index in [1.54, 1.807) is 6.07 Å². The van der Waals surface area contributed by atoms with Crippen molar-refractivity contribution in [2.45, 2.75) is 20.3 Å². The van der Waals surface area contributed by atoms with Crippen LogP contribution in [-0.2, 0) is 7.05 Å². The zero-order valence-electron chi connectivity index (χ0n) is 16.6. The largest absolute Gasteiger partial charge is 0.504 e. The van der Waals surface area contributed by atoms with E-state index in [0.717, 1.165) is 40.2 Å². The van der Waals surface area contributed by atoms with E-state index in [0.29, 0.717) is 18.9 Å². The molecule has 0 aliphatic carbocycles. The van der Waals surface area contributed by atoms with Crippen LogP contribution in [0.5, 0.6) is 11.5 Å². The Hall–Kier alpha value is -3.05. The average Bonchev–Trinajstić information content (AvgIpc) is 3.26. The SMILES string of the molecule is CCOc1cc(C=CC2=NC(=C(CCN)c3cccn3C)C(C)=C2)ccc1O. The molecule has 1 aliphatic heterocycles. The molecule has 0 amide bonds. The van der Waals surface area contributed by atoms with E-state index in [2.05, 4.69) is 23.6 Å². The Labute approximate surface area is 166 Å². The Balaban J connectivity index is 1.91. The third kappa shape index (κ3) is 4.26. The van der Waals surface area contributed by atoms with E-state index < -0.39 is 0 Å². The fourth-order valence-corrected chi connectivity index (χ4v) is 3.30. The van der Waals surface area contributed by atoms with Crippen LogP contribution in [0, 0.1) is 0 Å². The molecule has 1 aromatic carbocycles. The van der Waals surface area contributed by atoms with E-state index >= 15 is 0 Å². The number of nitrogens with two attached hydrogens (primary N) is 1. The second-order valence-corrected chi connectivity index (χ2v) is 6.73. The molecule has 0 spiro atoms. The van der Waals surface area contributed by atoms with Crippen LogP contribution in [0.1, 0.15) is 31.5 Å². The number of allylic oxidation sites excluding steroid dienone is 3. The maximum absolute atomic E-state index is 9.84. The van der Waals surface area contributed by atoms with Gasteiger partial charge in [0.2, 0.25) is 0 Å². The van der Waals surface area contributed by atoms with Crippen molar-refractivity contribution in [3.8, 4) is 11.5 Å². The first-order valence-corrected chi connectivity index (χ1v) is 9.49. The number of aromatic nitrogens is 1. The van der Waals surface area contributed by atoms with Gasteiger partial charge in [-0.3, -0.25) is 0 Å². The van der Waals surface area contributed by atoms with Crippen LogP contribution >= 0.6 is 0 Å². The van der Waals surface area contributed by atoms with E-state index in [4.69, 9.17) is 15.5 Å². The molecule has 2 aromatic rings. The Morgan fingerprint density at radius 1 is 1.29 bits per heavy atom. The number of aromatic hydroxyl groups is 1. The van der Waals surface area contributed by atoms with Crippen LogP contribution in [0.25, 0.3) is 11.6 Å². The first-order valence-electron chi connectivity index (χ1n) is 9.49. The second kappa shape index (κ2) is 8.76.